The maximum Gasteiger partial charge on any atom is 0.303 e. The molecule has 0 bridgehead atoms. The zero-order valence-electron chi connectivity index (χ0n) is 19.9. The molecule has 0 spiro atoms. The third kappa shape index (κ3) is 6.73. The van der Waals surface area contributed by atoms with Crippen molar-refractivity contribution in [2.24, 2.45) is 17.6 Å². The van der Waals surface area contributed by atoms with Crippen molar-refractivity contribution < 1.29 is 19.0 Å². The van der Waals surface area contributed by atoms with Crippen molar-refractivity contribution in [3.8, 4) is 5.75 Å². The molecule has 1 aromatic carbocycles. The molecular formula is C26H32FN3O3S2. The number of nitrogens with two attached hydrogens (primary N) is 1. The van der Waals surface area contributed by atoms with E-state index in [2.05, 4.69) is 27.4 Å². The molecule has 1 aliphatic heterocycles. The number of fused-ring (bicyclic) bond motifs is 1. The zero-order chi connectivity index (χ0) is 24.8. The van der Waals surface area contributed by atoms with Gasteiger partial charge in [0.25, 0.3) is 0 Å². The number of methoxy groups -OCH3 is 1. The van der Waals surface area contributed by atoms with Gasteiger partial charge in [-0.2, -0.15) is 0 Å². The van der Waals surface area contributed by atoms with Gasteiger partial charge in [-0.1, -0.05) is 6.07 Å². The molecule has 4 rings (SSSR count). The fourth-order valence-corrected chi connectivity index (χ4v) is 6.89. The molecule has 1 fully saturated rings. The predicted molar refractivity (Wildman–Crippen MR) is 140 cm³/mol. The monoisotopic (exact) mass is 517 g/mol. The Bertz CT molecular complexity index is 1130. The van der Waals surface area contributed by atoms with Crippen LogP contribution in [0.5, 0.6) is 5.75 Å². The molecule has 1 aliphatic rings. The topological polar surface area (TPSA) is 88.7 Å². The summed E-state index contributed by atoms with van der Waals surface area (Å²) < 4.78 is 21.4. The molecule has 2 aromatic heterocycles. The molecule has 1 saturated heterocycles. The molecule has 0 radical (unpaired) electrons. The minimum absolute atomic E-state index is 0.0688. The fourth-order valence-electron chi connectivity index (χ4n) is 5.03. The van der Waals surface area contributed by atoms with Gasteiger partial charge in [0.05, 0.1) is 23.0 Å². The molecule has 9 heteroatoms. The first-order chi connectivity index (χ1) is 16.9. The van der Waals surface area contributed by atoms with Crippen LogP contribution in [0.15, 0.2) is 46.1 Å². The van der Waals surface area contributed by atoms with Crippen LogP contribution in [0.3, 0.4) is 0 Å². The highest BCUT2D eigenvalue weighted by atomic mass is 32.2. The van der Waals surface area contributed by atoms with Gasteiger partial charge in [-0.3, -0.25) is 9.78 Å². The molecule has 188 valence electrons. The van der Waals surface area contributed by atoms with Crippen LogP contribution in [0, 0.1) is 17.7 Å². The van der Waals surface area contributed by atoms with Gasteiger partial charge in [-0.25, -0.2) is 4.39 Å². The van der Waals surface area contributed by atoms with Crippen LogP contribution >= 0.6 is 23.1 Å². The highest BCUT2D eigenvalue weighted by Gasteiger charge is 2.31. The molecule has 35 heavy (non-hydrogen) atoms. The lowest BCUT2D eigenvalue weighted by atomic mass is 9.79. The summed E-state index contributed by atoms with van der Waals surface area (Å²) >= 11 is 3.59. The second kappa shape index (κ2) is 12.2. The van der Waals surface area contributed by atoms with Gasteiger partial charge >= 0.3 is 5.97 Å². The van der Waals surface area contributed by atoms with Gasteiger partial charge in [0.1, 0.15) is 11.6 Å². The Morgan fingerprint density at radius 2 is 2.26 bits per heavy atom. The van der Waals surface area contributed by atoms with Gasteiger partial charge in [0, 0.05) is 42.3 Å². The van der Waals surface area contributed by atoms with Crippen LogP contribution in [0.1, 0.15) is 37.3 Å². The average Bonchev–Trinajstić information content (AvgIpc) is 3.36. The predicted octanol–water partition coefficient (Wildman–Crippen LogP) is 5.43. The lowest BCUT2D eigenvalue weighted by molar-refractivity contribution is -0.139. The van der Waals surface area contributed by atoms with E-state index in [9.17, 15) is 14.3 Å². The van der Waals surface area contributed by atoms with Crippen molar-refractivity contribution in [1.29, 1.82) is 0 Å². The number of nitrogens with zero attached hydrogens (tertiary/aromatic N) is 2. The molecular weight excluding hydrogens is 485 g/mol. The van der Waals surface area contributed by atoms with Crippen molar-refractivity contribution in [1.82, 2.24) is 9.88 Å². The largest absolute Gasteiger partial charge is 0.497 e. The summed E-state index contributed by atoms with van der Waals surface area (Å²) in [5.41, 5.74) is 7.65. The van der Waals surface area contributed by atoms with Gasteiger partial charge in [0.2, 0.25) is 0 Å². The SMILES string of the molecule is COc1ccc2ncc(F)c([C@H](N)CCC3CCN(CCSc4cccs4)CC3CC(=O)O)c2c1. The number of aliphatic carboxylic acids is 1. The molecule has 6 nitrogen and oxygen atoms in total. The second-order valence-electron chi connectivity index (χ2n) is 9.07. The van der Waals surface area contributed by atoms with E-state index in [1.807, 2.05) is 11.8 Å². The molecule has 2 unspecified atom stereocenters. The first-order valence-corrected chi connectivity index (χ1v) is 13.8. The van der Waals surface area contributed by atoms with Crippen LogP contribution in [0.25, 0.3) is 10.9 Å². The smallest absolute Gasteiger partial charge is 0.303 e. The molecule has 3 N–H and O–H groups in total. The van der Waals surface area contributed by atoms with Gasteiger partial charge < -0.3 is 20.5 Å². The minimum Gasteiger partial charge on any atom is -0.497 e. The lowest BCUT2D eigenvalue weighted by Crippen LogP contribution is -2.42. The Morgan fingerprint density at radius 3 is 3.00 bits per heavy atom. The maximum atomic E-state index is 14.8. The van der Waals surface area contributed by atoms with E-state index in [0.717, 1.165) is 38.2 Å². The van der Waals surface area contributed by atoms with Crippen LogP contribution < -0.4 is 10.5 Å². The number of piperidine rings is 1. The van der Waals surface area contributed by atoms with Gasteiger partial charge in [-0.15, -0.1) is 23.1 Å². The molecule has 0 amide bonds. The number of pyridine rings is 1. The highest BCUT2D eigenvalue weighted by Crippen LogP contribution is 2.35. The Hall–Kier alpha value is -2.20. The van der Waals surface area contributed by atoms with Crippen LogP contribution in [-0.4, -0.2) is 53.5 Å². The molecule has 3 aromatic rings. The quantitative estimate of drug-likeness (QED) is 0.328. The van der Waals surface area contributed by atoms with Crippen LogP contribution in [-0.2, 0) is 4.79 Å². The minimum atomic E-state index is -0.766. The summed E-state index contributed by atoms with van der Waals surface area (Å²) in [6, 6.07) is 9.07. The molecule has 3 atom stereocenters. The normalized spacial score (nSPS) is 19.6. The number of benzene rings is 1. The standard InChI is InChI=1S/C26H32FN3O3S2/c1-33-19-5-7-23-20(14-19)26(21(27)15-29-23)22(28)6-4-17-8-9-30(16-18(17)13-24(31)32)10-12-35-25-3-2-11-34-25/h2-3,5,7,11,14-15,17-18,22H,4,6,8-10,12-13,16,28H2,1H3,(H,31,32)/t17?,18?,22-/m1/s1. The summed E-state index contributed by atoms with van der Waals surface area (Å²) in [7, 11) is 1.57. The van der Waals surface area contributed by atoms with Crippen LogP contribution in [0.4, 0.5) is 4.39 Å². The number of carbonyl (C=O) groups is 1. The number of halogens is 1. The number of thioether (sulfide) groups is 1. The van der Waals surface area contributed by atoms with Crippen molar-refractivity contribution in [2.45, 2.75) is 35.9 Å². The number of hydrogen-bond donors (Lipinski definition) is 2. The first-order valence-electron chi connectivity index (χ1n) is 11.9. The number of thiophene rings is 1. The van der Waals surface area contributed by atoms with Crippen molar-refractivity contribution in [3.05, 3.63) is 53.3 Å². The first kappa shape index (κ1) is 25.9. The Morgan fingerprint density at radius 1 is 1.40 bits per heavy atom. The Kier molecular flexibility index (Phi) is 8.99. The van der Waals surface area contributed by atoms with E-state index in [1.54, 1.807) is 36.6 Å². The van der Waals surface area contributed by atoms with Gasteiger partial charge in [0.15, 0.2) is 0 Å². The van der Waals surface area contributed by atoms with Crippen molar-refractivity contribution in [2.75, 3.05) is 32.5 Å². The Balaban J connectivity index is 1.39. The summed E-state index contributed by atoms with van der Waals surface area (Å²) in [5, 5.41) is 12.3. The van der Waals surface area contributed by atoms with Crippen molar-refractivity contribution in [3.63, 3.8) is 0 Å². The average molecular weight is 518 g/mol. The summed E-state index contributed by atoms with van der Waals surface area (Å²) in [4.78, 5) is 18.2. The summed E-state index contributed by atoms with van der Waals surface area (Å²) in [6.07, 6.45) is 3.66. The number of ether oxygens (including phenoxy) is 1. The number of hydrogen-bond acceptors (Lipinski definition) is 7. The maximum absolute atomic E-state index is 14.8. The third-order valence-electron chi connectivity index (χ3n) is 6.85. The van der Waals surface area contributed by atoms with E-state index < -0.39 is 17.8 Å². The lowest BCUT2D eigenvalue weighted by Gasteiger charge is -2.38. The number of carboxylic acids is 1. The fraction of sp³-hybridized carbons (Fsp3) is 0.462. The molecule has 3 heterocycles. The highest BCUT2D eigenvalue weighted by molar-refractivity contribution is 8.01. The van der Waals surface area contributed by atoms with E-state index in [4.69, 9.17) is 10.5 Å². The van der Waals surface area contributed by atoms with E-state index in [-0.39, 0.29) is 18.3 Å². The third-order valence-corrected chi connectivity index (χ3v) is 8.96. The zero-order valence-corrected chi connectivity index (χ0v) is 21.5. The number of rotatable bonds is 11. The number of carboxylic acid groups (broad SMARTS) is 1. The molecule has 0 saturated carbocycles. The van der Waals surface area contributed by atoms with E-state index >= 15 is 0 Å². The number of aromatic nitrogens is 1. The van der Waals surface area contributed by atoms with E-state index in [0.29, 0.717) is 28.6 Å². The van der Waals surface area contributed by atoms with E-state index in [1.165, 1.54) is 10.4 Å². The summed E-state index contributed by atoms with van der Waals surface area (Å²) in [5.74, 6) is 0.761. The van der Waals surface area contributed by atoms with Gasteiger partial charge in [-0.05, 0) is 67.3 Å². The summed E-state index contributed by atoms with van der Waals surface area (Å²) in [6.45, 7) is 2.67. The van der Waals surface area contributed by atoms with Crippen LogP contribution in [0.2, 0.25) is 0 Å². The second-order valence-corrected chi connectivity index (χ2v) is 11.4. The van der Waals surface area contributed by atoms with Crippen molar-refractivity contribution >= 4 is 40.0 Å². The number of likely N-dealkylation sites (tertiary alicyclic amines) is 1. The molecule has 0 aliphatic carbocycles. The Labute approximate surface area is 213 Å².